The third kappa shape index (κ3) is 2.40. The minimum atomic E-state index is -1.03. The molecule has 2 rings (SSSR count). The largest absolute Gasteiger partial charge is 0.317 e. The summed E-state index contributed by atoms with van der Waals surface area (Å²) in [5.74, 6) is -0.280. The van der Waals surface area contributed by atoms with Gasteiger partial charge in [-0.05, 0) is 56.0 Å². The van der Waals surface area contributed by atoms with Crippen LogP contribution in [0.15, 0.2) is 18.2 Å². The lowest BCUT2D eigenvalue weighted by molar-refractivity contribution is 0.190. The summed E-state index contributed by atoms with van der Waals surface area (Å²) < 4.78 is 27.5. The van der Waals surface area contributed by atoms with Gasteiger partial charge in [0.15, 0.2) is 0 Å². The number of aryl methyl sites for hydroxylation is 1. The summed E-state index contributed by atoms with van der Waals surface area (Å²) in [5.41, 5.74) is 1.05. The molecular weight excluding hydrogens is 208 g/mol. The first kappa shape index (κ1) is 11.5. The molecule has 1 atom stereocenters. The zero-order chi connectivity index (χ0) is 11.5. The van der Waals surface area contributed by atoms with Crippen molar-refractivity contribution in [1.29, 1.82) is 0 Å². The van der Waals surface area contributed by atoms with Crippen molar-refractivity contribution in [3.8, 4) is 0 Å². The Kier molecular flexibility index (Phi) is 3.54. The molecule has 0 radical (unpaired) electrons. The summed E-state index contributed by atoms with van der Waals surface area (Å²) >= 11 is 0. The normalized spacial score (nSPS) is 19.7. The SMILES string of the molecule is Cc1ccc(C(F)C2CCNCC2)cc1F. The molecule has 1 aliphatic rings. The van der Waals surface area contributed by atoms with Gasteiger partial charge in [0.2, 0.25) is 0 Å². The lowest BCUT2D eigenvalue weighted by Gasteiger charge is -2.26. The van der Waals surface area contributed by atoms with E-state index in [1.165, 1.54) is 6.07 Å². The zero-order valence-corrected chi connectivity index (χ0v) is 9.47. The first-order valence-corrected chi connectivity index (χ1v) is 5.79. The maximum atomic E-state index is 14.1. The summed E-state index contributed by atoms with van der Waals surface area (Å²) in [5, 5.41) is 3.20. The molecule has 0 aliphatic carbocycles. The highest BCUT2D eigenvalue weighted by Crippen LogP contribution is 2.32. The molecule has 0 spiro atoms. The number of benzene rings is 1. The van der Waals surface area contributed by atoms with Gasteiger partial charge in [-0.2, -0.15) is 0 Å². The van der Waals surface area contributed by atoms with E-state index in [-0.39, 0.29) is 11.7 Å². The molecule has 0 aromatic heterocycles. The molecule has 1 unspecified atom stereocenters. The molecule has 16 heavy (non-hydrogen) atoms. The van der Waals surface area contributed by atoms with Gasteiger partial charge in [-0.3, -0.25) is 0 Å². The van der Waals surface area contributed by atoms with Gasteiger partial charge < -0.3 is 5.32 Å². The van der Waals surface area contributed by atoms with Crippen LogP contribution in [0.5, 0.6) is 0 Å². The lowest BCUT2D eigenvalue weighted by Crippen LogP contribution is -2.29. The molecular formula is C13H17F2N. The second kappa shape index (κ2) is 4.91. The fourth-order valence-electron chi connectivity index (χ4n) is 2.19. The topological polar surface area (TPSA) is 12.0 Å². The highest BCUT2D eigenvalue weighted by atomic mass is 19.1. The maximum Gasteiger partial charge on any atom is 0.128 e. The summed E-state index contributed by atoms with van der Waals surface area (Å²) in [6.45, 7) is 3.41. The summed E-state index contributed by atoms with van der Waals surface area (Å²) in [4.78, 5) is 0. The molecule has 1 saturated heterocycles. The van der Waals surface area contributed by atoms with Crippen molar-refractivity contribution in [2.75, 3.05) is 13.1 Å². The van der Waals surface area contributed by atoms with Crippen LogP contribution < -0.4 is 5.32 Å². The van der Waals surface area contributed by atoms with E-state index in [1.54, 1.807) is 19.1 Å². The Morgan fingerprint density at radius 2 is 2.00 bits per heavy atom. The average Bonchev–Trinajstić information content (AvgIpc) is 2.33. The summed E-state index contributed by atoms with van der Waals surface area (Å²) in [7, 11) is 0. The van der Waals surface area contributed by atoms with Gasteiger partial charge in [-0.1, -0.05) is 12.1 Å². The van der Waals surface area contributed by atoms with E-state index < -0.39 is 6.17 Å². The van der Waals surface area contributed by atoms with E-state index in [0.29, 0.717) is 11.1 Å². The zero-order valence-electron chi connectivity index (χ0n) is 9.47. The molecule has 0 bridgehead atoms. The first-order valence-electron chi connectivity index (χ1n) is 5.79. The molecule has 0 amide bonds. The minimum Gasteiger partial charge on any atom is -0.317 e. The van der Waals surface area contributed by atoms with E-state index >= 15 is 0 Å². The first-order chi connectivity index (χ1) is 7.68. The van der Waals surface area contributed by atoms with Gasteiger partial charge in [0.1, 0.15) is 12.0 Å². The second-order valence-electron chi connectivity index (χ2n) is 4.50. The highest BCUT2D eigenvalue weighted by Gasteiger charge is 2.24. The molecule has 3 heteroatoms. The highest BCUT2D eigenvalue weighted by molar-refractivity contribution is 5.25. The Labute approximate surface area is 94.9 Å². The monoisotopic (exact) mass is 225 g/mol. The molecule has 1 aliphatic heterocycles. The van der Waals surface area contributed by atoms with Crippen LogP contribution in [0.25, 0.3) is 0 Å². The van der Waals surface area contributed by atoms with Gasteiger partial charge >= 0.3 is 0 Å². The molecule has 1 N–H and O–H groups in total. The minimum absolute atomic E-state index is 0.0309. The van der Waals surface area contributed by atoms with Crippen molar-refractivity contribution < 1.29 is 8.78 Å². The van der Waals surface area contributed by atoms with E-state index in [4.69, 9.17) is 0 Å². The summed E-state index contributed by atoms with van der Waals surface area (Å²) in [6.07, 6.45) is 0.630. The number of halogens is 2. The third-order valence-electron chi connectivity index (χ3n) is 3.31. The van der Waals surface area contributed by atoms with E-state index in [0.717, 1.165) is 25.9 Å². The van der Waals surface area contributed by atoms with Crippen molar-refractivity contribution in [2.24, 2.45) is 5.92 Å². The third-order valence-corrected chi connectivity index (χ3v) is 3.31. The lowest BCUT2D eigenvalue weighted by atomic mass is 9.89. The number of rotatable bonds is 2. The summed E-state index contributed by atoms with van der Waals surface area (Å²) in [6, 6.07) is 4.69. The van der Waals surface area contributed by atoms with Gasteiger partial charge in [0, 0.05) is 0 Å². The van der Waals surface area contributed by atoms with Crippen LogP contribution in [0.4, 0.5) is 8.78 Å². The Morgan fingerprint density at radius 3 is 2.62 bits per heavy atom. The van der Waals surface area contributed by atoms with Gasteiger partial charge in [-0.25, -0.2) is 8.78 Å². The molecule has 88 valence electrons. The van der Waals surface area contributed by atoms with Crippen LogP contribution in [0, 0.1) is 18.7 Å². The predicted molar refractivity (Wildman–Crippen MR) is 60.6 cm³/mol. The van der Waals surface area contributed by atoms with Crippen LogP contribution in [-0.4, -0.2) is 13.1 Å². The molecule has 1 aromatic carbocycles. The number of hydrogen-bond donors (Lipinski definition) is 1. The molecule has 1 fully saturated rings. The molecule has 1 heterocycles. The van der Waals surface area contributed by atoms with Crippen LogP contribution in [-0.2, 0) is 0 Å². The second-order valence-corrected chi connectivity index (χ2v) is 4.50. The maximum absolute atomic E-state index is 14.1. The fraction of sp³-hybridized carbons (Fsp3) is 0.538. The van der Waals surface area contributed by atoms with Crippen LogP contribution in [0.2, 0.25) is 0 Å². The fourth-order valence-corrected chi connectivity index (χ4v) is 2.19. The molecule has 1 nitrogen and oxygen atoms in total. The van der Waals surface area contributed by atoms with E-state index in [9.17, 15) is 8.78 Å². The van der Waals surface area contributed by atoms with Crippen molar-refractivity contribution in [2.45, 2.75) is 25.9 Å². The number of nitrogens with one attached hydrogen (secondary N) is 1. The Bertz CT molecular complexity index is 359. The van der Waals surface area contributed by atoms with E-state index in [1.807, 2.05) is 0 Å². The standard InChI is InChI=1S/C13H17F2N/c1-9-2-3-11(8-12(9)14)13(15)10-4-6-16-7-5-10/h2-3,8,10,13,16H,4-7H2,1H3. The van der Waals surface area contributed by atoms with Crippen LogP contribution in [0.1, 0.15) is 30.1 Å². The van der Waals surface area contributed by atoms with Crippen LogP contribution >= 0.6 is 0 Å². The number of piperidine rings is 1. The van der Waals surface area contributed by atoms with Crippen molar-refractivity contribution >= 4 is 0 Å². The molecule has 0 saturated carbocycles. The van der Waals surface area contributed by atoms with Gasteiger partial charge in [0.25, 0.3) is 0 Å². The van der Waals surface area contributed by atoms with Gasteiger partial charge in [-0.15, -0.1) is 0 Å². The van der Waals surface area contributed by atoms with Crippen molar-refractivity contribution in [3.63, 3.8) is 0 Å². The predicted octanol–water partition coefficient (Wildman–Crippen LogP) is 3.14. The smallest absolute Gasteiger partial charge is 0.128 e. The van der Waals surface area contributed by atoms with Crippen LogP contribution in [0.3, 0.4) is 0 Å². The van der Waals surface area contributed by atoms with Crippen molar-refractivity contribution in [3.05, 3.63) is 35.1 Å². The average molecular weight is 225 g/mol. The Morgan fingerprint density at radius 1 is 1.31 bits per heavy atom. The Balaban J connectivity index is 2.12. The van der Waals surface area contributed by atoms with E-state index in [2.05, 4.69) is 5.32 Å². The van der Waals surface area contributed by atoms with Gasteiger partial charge in [0.05, 0.1) is 0 Å². The molecule has 1 aromatic rings. The quantitative estimate of drug-likeness (QED) is 0.815. The number of alkyl halides is 1. The Hall–Kier alpha value is -0.960. The van der Waals surface area contributed by atoms with Crippen molar-refractivity contribution in [1.82, 2.24) is 5.32 Å². The number of hydrogen-bond acceptors (Lipinski definition) is 1.